The zero-order valence-electron chi connectivity index (χ0n) is 12.1. The normalized spacial score (nSPS) is 12.4. The average molecular weight is 282 g/mol. The second-order valence-electron chi connectivity index (χ2n) is 4.58. The summed E-state index contributed by atoms with van der Waals surface area (Å²) in [4.78, 5) is 12.7. The fourth-order valence-electron chi connectivity index (χ4n) is 2.18. The molecule has 1 atom stereocenters. The largest absolute Gasteiger partial charge is 0.383 e. The Kier molecular flexibility index (Phi) is 6.37. The molecule has 0 aromatic heterocycles. The molecule has 0 saturated heterocycles. The molecule has 1 aromatic carbocycles. The predicted molar refractivity (Wildman–Crippen MR) is 78.3 cm³/mol. The fraction of sp³-hybridized carbons (Fsp3) is 0.538. The quantitative estimate of drug-likeness (QED) is 0.428. The van der Waals surface area contributed by atoms with E-state index in [0.717, 1.165) is 12.1 Å². The summed E-state index contributed by atoms with van der Waals surface area (Å²) in [5, 5.41) is 11.0. The topological polar surface area (TPSA) is 93.7 Å². The number of nitrogens with two attached hydrogens (primary N) is 1. The summed E-state index contributed by atoms with van der Waals surface area (Å²) in [6.07, 6.45) is 0. The number of nitrogens with zero attached hydrogens (tertiary/aromatic N) is 2. The number of para-hydroxylation sites is 1. The highest BCUT2D eigenvalue weighted by molar-refractivity contribution is 5.65. The first-order valence-electron chi connectivity index (χ1n) is 6.51. The molecule has 20 heavy (non-hydrogen) atoms. The van der Waals surface area contributed by atoms with Crippen molar-refractivity contribution in [3.8, 4) is 0 Å². The van der Waals surface area contributed by atoms with Gasteiger partial charge in [-0.2, -0.15) is 0 Å². The van der Waals surface area contributed by atoms with Gasteiger partial charge in [0.1, 0.15) is 5.69 Å². The number of hydrogen-bond acceptors (Lipinski definition) is 6. The molecule has 0 saturated carbocycles. The van der Waals surface area contributed by atoms with Gasteiger partial charge in [-0.15, -0.1) is 0 Å². The predicted octanol–water partition coefficient (Wildman–Crippen LogP) is 1.74. The molecule has 0 heterocycles. The van der Waals surface area contributed by atoms with Crippen LogP contribution in [0, 0.1) is 10.1 Å². The molecule has 7 heteroatoms. The van der Waals surface area contributed by atoms with E-state index in [0.29, 0.717) is 18.8 Å². The van der Waals surface area contributed by atoms with E-state index < -0.39 is 4.92 Å². The molecule has 1 rings (SSSR count). The number of nitrogen functional groups attached to an aromatic ring is 1. The van der Waals surface area contributed by atoms with Crippen LogP contribution < -0.4 is 11.3 Å². The maximum Gasteiger partial charge on any atom is 0.293 e. The summed E-state index contributed by atoms with van der Waals surface area (Å²) < 4.78 is 5.15. The van der Waals surface area contributed by atoms with Crippen molar-refractivity contribution in [3.63, 3.8) is 0 Å². The highest BCUT2D eigenvalue weighted by Gasteiger charge is 2.19. The van der Waals surface area contributed by atoms with E-state index >= 15 is 0 Å². The van der Waals surface area contributed by atoms with Crippen LogP contribution in [0.2, 0.25) is 0 Å². The lowest BCUT2D eigenvalue weighted by Gasteiger charge is -2.28. The second-order valence-corrected chi connectivity index (χ2v) is 4.58. The van der Waals surface area contributed by atoms with Gasteiger partial charge in [0.05, 0.1) is 11.5 Å². The molecule has 0 fully saturated rings. The third kappa shape index (κ3) is 3.89. The molecule has 7 nitrogen and oxygen atoms in total. The van der Waals surface area contributed by atoms with Crippen molar-refractivity contribution in [2.24, 2.45) is 5.84 Å². The molecule has 3 N–H and O–H groups in total. The lowest BCUT2D eigenvalue weighted by molar-refractivity contribution is -0.384. The number of nitrogens with one attached hydrogen (secondary N) is 1. The van der Waals surface area contributed by atoms with Gasteiger partial charge in [0, 0.05) is 25.8 Å². The SMILES string of the molecule is CCN(Cc1cccc([N+](=O)[O-])c1NN)C(C)COC. The summed E-state index contributed by atoms with van der Waals surface area (Å²) in [5.41, 5.74) is 3.59. The van der Waals surface area contributed by atoms with Crippen molar-refractivity contribution in [1.29, 1.82) is 0 Å². The highest BCUT2D eigenvalue weighted by atomic mass is 16.6. The molecule has 0 spiro atoms. The number of rotatable bonds is 8. The van der Waals surface area contributed by atoms with Crippen molar-refractivity contribution in [1.82, 2.24) is 4.90 Å². The molecule has 1 unspecified atom stereocenters. The first kappa shape index (κ1) is 16.4. The number of ether oxygens (including phenoxy) is 1. The summed E-state index contributed by atoms with van der Waals surface area (Å²) in [6.45, 7) is 6.09. The minimum absolute atomic E-state index is 0.0135. The Balaban J connectivity index is 3.01. The van der Waals surface area contributed by atoms with Crippen LogP contribution in [0.3, 0.4) is 0 Å². The molecule has 1 aromatic rings. The minimum Gasteiger partial charge on any atom is -0.383 e. The molecular weight excluding hydrogens is 260 g/mol. The van der Waals surface area contributed by atoms with E-state index in [1.54, 1.807) is 13.2 Å². The Morgan fingerprint density at radius 2 is 2.25 bits per heavy atom. The Morgan fingerprint density at radius 1 is 1.55 bits per heavy atom. The van der Waals surface area contributed by atoms with Crippen LogP contribution in [-0.4, -0.2) is 36.1 Å². The van der Waals surface area contributed by atoms with Gasteiger partial charge < -0.3 is 10.2 Å². The molecule has 0 radical (unpaired) electrons. The van der Waals surface area contributed by atoms with Crippen molar-refractivity contribution in [2.45, 2.75) is 26.4 Å². The van der Waals surface area contributed by atoms with E-state index in [2.05, 4.69) is 17.2 Å². The van der Waals surface area contributed by atoms with Crippen molar-refractivity contribution in [3.05, 3.63) is 33.9 Å². The van der Waals surface area contributed by atoms with E-state index in [4.69, 9.17) is 10.6 Å². The van der Waals surface area contributed by atoms with Crippen molar-refractivity contribution in [2.75, 3.05) is 25.7 Å². The summed E-state index contributed by atoms with van der Waals surface area (Å²) in [6, 6.07) is 5.16. The third-order valence-corrected chi connectivity index (χ3v) is 3.28. The molecule has 0 aliphatic rings. The smallest absolute Gasteiger partial charge is 0.293 e. The van der Waals surface area contributed by atoms with Crippen LogP contribution in [0.15, 0.2) is 18.2 Å². The average Bonchev–Trinajstić information content (AvgIpc) is 2.44. The first-order valence-corrected chi connectivity index (χ1v) is 6.51. The summed E-state index contributed by atoms with van der Waals surface area (Å²) in [7, 11) is 1.66. The fourth-order valence-corrected chi connectivity index (χ4v) is 2.18. The number of methoxy groups -OCH3 is 1. The van der Waals surface area contributed by atoms with Crippen LogP contribution in [-0.2, 0) is 11.3 Å². The van der Waals surface area contributed by atoms with Gasteiger partial charge in [0.25, 0.3) is 5.69 Å². The zero-order valence-corrected chi connectivity index (χ0v) is 12.1. The van der Waals surface area contributed by atoms with Gasteiger partial charge in [-0.25, -0.2) is 0 Å². The Labute approximate surface area is 118 Å². The van der Waals surface area contributed by atoms with Crippen molar-refractivity contribution >= 4 is 11.4 Å². The number of anilines is 1. The number of benzene rings is 1. The van der Waals surface area contributed by atoms with E-state index in [9.17, 15) is 10.1 Å². The van der Waals surface area contributed by atoms with E-state index in [1.807, 2.05) is 13.0 Å². The number of hydrogen-bond donors (Lipinski definition) is 2. The molecular formula is C13H22N4O3. The van der Waals surface area contributed by atoms with Gasteiger partial charge in [0.15, 0.2) is 0 Å². The number of nitro groups is 1. The highest BCUT2D eigenvalue weighted by Crippen LogP contribution is 2.28. The van der Waals surface area contributed by atoms with E-state index in [-0.39, 0.29) is 11.7 Å². The molecule has 112 valence electrons. The lowest BCUT2D eigenvalue weighted by atomic mass is 10.1. The standard InChI is InChI=1S/C13H22N4O3/c1-4-16(10(2)9-20-3)8-11-6-5-7-12(17(18)19)13(11)15-14/h5-7,10,15H,4,8-9,14H2,1-3H3. The number of hydrazine groups is 1. The lowest BCUT2D eigenvalue weighted by Crippen LogP contribution is -2.35. The van der Waals surface area contributed by atoms with E-state index in [1.165, 1.54) is 6.07 Å². The molecule has 0 aliphatic heterocycles. The minimum atomic E-state index is -0.437. The Hall–Kier alpha value is -1.70. The summed E-state index contributed by atoms with van der Waals surface area (Å²) in [5.74, 6) is 5.44. The summed E-state index contributed by atoms with van der Waals surface area (Å²) >= 11 is 0. The molecule has 0 bridgehead atoms. The van der Waals surface area contributed by atoms with Gasteiger partial charge in [-0.1, -0.05) is 19.1 Å². The van der Waals surface area contributed by atoms with Gasteiger partial charge in [-0.3, -0.25) is 20.9 Å². The maximum atomic E-state index is 11.0. The van der Waals surface area contributed by atoms with Crippen LogP contribution >= 0.6 is 0 Å². The van der Waals surface area contributed by atoms with Gasteiger partial charge in [-0.05, 0) is 19.0 Å². The first-order chi connectivity index (χ1) is 9.54. The van der Waals surface area contributed by atoms with Crippen LogP contribution in [0.1, 0.15) is 19.4 Å². The molecule has 0 aliphatic carbocycles. The third-order valence-electron chi connectivity index (χ3n) is 3.28. The zero-order chi connectivity index (χ0) is 15.1. The number of nitro benzene ring substituents is 1. The number of likely N-dealkylation sites (N-methyl/N-ethyl adjacent to an activating group) is 1. The van der Waals surface area contributed by atoms with Crippen LogP contribution in [0.4, 0.5) is 11.4 Å². The van der Waals surface area contributed by atoms with Crippen LogP contribution in [0.25, 0.3) is 0 Å². The van der Waals surface area contributed by atoms with Crippen molar-refractivity contribution < 1.29 is 9.66 Å². The maximum absolute atomic E-state index is 11.0. The van der Waals surface area contributed by atoms with Gasteiger partial charge >= 0.3 is 0 Å². The Morgan fingerprint density at radius 3 is 2.75 bits per heavy atom. The monoisotopic (exact) mass is 282 g/mol. The van der Waals surface area contributed by atoms with Gasteiger partial charge in [0.2, 0.25) is 0 Å². The van der Waals surface area contributed by atoms with Crippen LogP contribution in [0.5, 0.6) is 0 Å². The second kappa shape index (κ2) is 7.78. The molecule has 0 amide bonds. The Bertz CT molecular complexity index is 453.